The van der Waals surface area contributed by atoms with Crippen LogP contribution in [0.5, 0.6) is 0 Å². The second-order valence-corrected chi connectivity index (χ2v) is 2.86. The fourth-order valence-electron chi connectivity index (χ4n) is 1.21. The highest BCUT2D eigenvalue weighted by Gasteiger charge is 2.43. The van der Waals surface area contributed by atoms with Gasteiger partial charge in [0.15, 0.2) is 6.10 Å². The third-order valence-electron chi connectivity index (χ3n) is 1.72. The van der Waals surface area contributed by atoms with E-state index in [0.717, 1.165) is 0 Å². The first kappa shape index (κ1) is 6.97. The Morgan fingerprint density at radius 3 is 3.27 bits per heavy atom. The Hall–Kier alpha value is -0.710. The molecule has 2 aliphatic heterocycles. The normalized spacial score (nSPS) is 37.9. The molecule has 2 atom stereocenters. The smallest absolute Gasteiger partial charge is 0.408 e. The van der Waals surface area contributed by atoms with E-state index in [0.29, 0.717) is 12.4 Å². The maximum Gasteiger partial charge on any atom is 0.408 e. The highest BCUT2D eigenvalue weighted by atomic mass is 79.9. The van der Waals surface area contributed by atoms with Crippen molar-refractivity contribution in [3.8, 4) is 0 Å². The quantitative estimate of drug-likeness (QED) is 0.654. The third-order valence-corrected chi connectivity index (χ3v) is 2.17. The summed E-state index contributed by atoms with van der Waals surface area (Å²) in [6.45, 7) is 0.494. The Kier molecular flexibility index (Phi) is 1.52. The van der Waals surface area contributed by atoms with Crippen molar-refractivity contribution in [3.05, 3.63) is 10.7 Å². The van der Waals surface area contributed by atoms with E-state index in [1.165, 1.54) is 0 Å². The molecule has 0 bridgehead atoms. The standard InChI is InChI=1S/C6H6BrNO3/c7-1-4-5-3(2-10-4)8-6(9)11-5/h1,3,5H,2H2,(H,8,9)/b4-1-/t3-,5-/m0/s1. The van der Waals surface area contributed by atoms with Crippen LogP contribution in [0.2, 0.25) is 0 Å². The summed E-state index contributed by atoms with van der Waals surface area (Å²) in [5.41, 5.74) is 0. The van der Waals surface area contributed by atoms with Gasteiger partial charge in [0, 0.05) is 4.99 Å². The molecule has 0 aromatic heterocycles. The van der Waals surface area contributed by atoms with E-state index in [-0.39, 0.29) is 18.2 Å². The molecule has 1 N–H and O–H groups in total. The Morgan fingerprint density at radius 1 is 1.73 bits per heavy atom. The summed E-state index contributed by atoms with van der Waals surface area (Å²) in [5.74, 6) is 0.674. The summed E-state index contributed by atoms with van der Waals surface area (Å²) in [4.78, 5) is 12.3. The second kappa shape index (κ2) is 2.41. The first-order valence-corrected chi connectivity index (χ1v) is 4.13. The van der Waals surface area contributed by atoms with E-state index in [1.807, 2.05) is 0 Å². The molecule has 2 rings (SSSR count). The van der Waals surface area contributed by atoms with Crippen LogP contribution in [0.3, 0.4) is 0 Å². The van der Waals surface area contributed by atoms with E-state index in [1.54, 1.807) is 4.99 Å². The van der Waals surface area contributed by atoms with Gasteiger partial charge in [-0.2, -0.15) is 0 Å². The molecule has 2 heterocycles. The zero-order valence-electron chi connectivity index (χ0n) is 5.54. The number of carbonyl (C=O) groups is 1. The molecule has 0 unspecified atom stereocenters. The summed E-state index contributed by atoms with van der Waals surface area (Å²) in [7, 11) is 0. The van der Waals surface area contributed by atoms with Gasteiger partial charge < -0.3 is 14.8 Å². The van der Waals surface area contributed by atoms with Crippen molar-refractivity contribution in [1.29, 1.82) is 0 Å². The molecule has 2 saturated heterocycles. The Balaban J connectivity index is 2.19. The Morgan fingerprint density at radius 2 is 2.55 bits per heavy atom. The topological polar surface area (TPSA) is 47.6 Å². The van der Waals surface area contributed by atoms with Crippen LogP contribution in [-0.2, 0) is 9.47 Å². The first-order valence-electron chi connectivity index (χ1n) is 3.21. The van der Waals surface area contributed by atoms with Crippen molar-refractivity contribution in [2.45, 2.75) is 12.1 Å². The van der Waals surface area contributed by atoms with Crippen LogP contribution in [0.1, 0.15) is 0 Å². The molecule has 0 aliphatic carbocycles. The van der Waals surface area contributed by atoms with E-state index >= 15 is 0 Å². The van der Waals surface area contributed by atoms with Crippen LogP contribution in [-0.4, -0.2) is 24.8 Å². The van der Waals surface area contributed by atoms with Gasteiger partial charge >= 0.3 is 6.09 Å². The van der Waals surface area contributed by atoms with Gasteiger partial charge in [0.25, 0.3) is 0 Å². The highest BCUT2D eigenvalue weighted by molar-refractivity contribution is 9.11. The molecule has 60 valence electrons. The van der Waals surface area contributed by atoms with Gasteiger partial charge in [0.05, 0.1) is 0 Å². The summed E-state index contributed by atoms with van der Waals surface area (Å²) in [5, 5.41) is 2.63. The van der Waals surface area contributed by atoms with Crippen molar-refractivity contribution in [2.75, 3.05) is 6.61 Å². The average Bonchev–Trinajstić information content (AvgIpc) is 2.45. The highest BCUT2D eigenvalue weighted by Crippen LogP contribution is 2.26. The number of alkyl carbamates (subject to hydrolysis) is 1. The van der Waals surface area contributed by atoms with Crippen molar-refractivity contribution >= 4 is 22.0 Å². The summed E-state index contributed by atoms with van der Waals surface area (Å²) in [6.07, 6.45) is -0.600. The van der Waals surface area contributed by atoms with Crippen LogP contribution in [0.25, 0.3) is 0 Å². The van der Waals surface area contributed by atoms with Crippen LogP contribution in [0.4, 0.5) is 4.79 Å². The minimum atomic E-state index is -0.366. The molecule has 0 aromatic carbocycles. The van der Waals surface area contributed by atoms with Gasteiger partial charge in [-0.15, -0.1) is 0 Å². The summed E-state index contributed by atoms with van der Waals surface area (Å²) in [6, 6.07) is -0.00806. The minimum absolute atomic E-state index is 0.00806. The van der Waals surface area contributed by atoms with Crippen molar-refractivity contribution < 1.29 is 14.3 Å². The molecular weight excluding hydrogens is 214 g/mol. The largest absolute Gasteiger partial charge is 0.491 e. The SMILES string of the molecule is O=C1N[C@H]2CO/C(=C\Br)[C@H]2O1. The summed E-state index contributed by atoms with van der Waals surface area (Å²) >= 11 is 3.13. The molecule has 11 heavy (non-hydrogen) atoms. The Bertz CT molecular complexity index is 228. The minimum Gasteiger partial charge on any atom is -0.491 e. The van der Waals surface area contributed by atoms with E-state index in [4.69, 9.17) is 9.47 Å². The maximum atomic E-state index is 10.7. The molecule has 1 amide bonds. The fraction of sp³-hybridized carbons (Fsp3) is 0.500. The average molecular weight is 220 g/mol. The number of hydrogen-bond donors (Lipinski definition) is 1. The predicted octanol–water partition coefficient (Wildman–Crippen LogP) is 0.730. The number of amides is 1. The lowest BCUT2D eigenvalue weighted by Gasteiger charge is -2.02. The molecular formula is C6H6BrNO3. The van der Waals surface area contributed by atoms with E-state index in [9.17, 15) is 4.79 Å². The van der Waals surface area contributed by atoms with Gasteiger partial charge in [0.2, 0.25) is 0 Å². The molecule has 2 aliphatic rings. The number of halogens is 1. The lowest BCUT2D eigenvalue weighted by molar-refractivity contribution is 0.138. The Labute approximate surface area is 71.7 Å². The number of ether oxygens (including phenoxy) is 2. The number of rotatable bonds is 0. The van der Waals surface area contributed by atoms with Crippen LogP contribution < -0.4 is 5.32 Å². The predicted molar refractivity (Wildman–Crippen MR) is 40.2 cm³/mol. The molecule has 2 fully saturated rings. The monoisotopic (exact) mass is 219 g/mol. The molecule has 0 radical (unpaired) electrons. The van der Waals surface area contributed by atoms with Crippen molar-refractivity contribution in [1.82, 2.24) is 5.32 Å². The van der Waals surface area contributed by atoms with Gasteiger partial charge in [-0.05, 0) is 0 Å². The number of hydrogen-bond acceptors (Lipinski definition) is 3. The van der Waals surface area contributed by atoms with Crippen molar-refractivity contribution in [2.24, 2.45) is 0 Å². The van der Waals surface area contributed by atoms with Gasteiger partial charge in [-0.3, -0.25) is 0 Å². The van der Waals surface area contributed by atoms with Gasteiger partial charge in [-0.25, -0.2) is 4.79 Å². The number of carbonyl (C=O) groups excluding carboxylic acids is 1. The molecule has 4 nitrogen and oxygen atoms in total. The lowest BCUT2D eigenvalue weighted by Crippen LogP contribution is -2.29. The fourth-order valence-corrected chi connectivity index (χ4v) is 1.60. The van der Waals surface area contributed by atoms with E-state index < -0.39 is 0 Å². The molecule has 5 heteroatoms. The van der Waals surface area contributed by atoms with Crippen LogP contribution >= 0.6 is 15.9 Å². The zero-order valence-corrected chi connectivity index (χ0v) is 7.13. The van der Waals surface area contributed by atoms with Crippen LogP contribution in [0, 0.1) is 0 Å². The van der Waals surface area contributed by atoms with Gasteiger partial charge in [-0.1, -0.05) is 15.9 Å². The number of nitrogens with one attached hydrogen (secondary N) is 1. The lowest BCUT2D eigenvalue weighted by atomic mass is 10.2. The molecule has 0 saturated carbocycles. The number of fused-ring (bicyclic) bond motifs is 1. The molecule has 0 spiro atoms. The third kappa shape index (κ3) is 0.994. The summed E-state index contributed by atoms with van der Waals surface area (Å²) < 4.78 is 10.1. The van der Waals surface area contributed by atoms with E-state index in [2.05, 4.69) is 21.2 Å². The van der Waals surface area contributed by atoms with Crippen molar-refractivity contribution in [3.63, 3.8) is 0 Å². The second-order valence-electron chi connectivity index (χ2n) is 2.40. The zero-order chi connectivity index (χ0) is 7.84. The van der Waals surface area contributed by atoms with Crippen LogP contribution in [0.15, 0.2) is 10.7 Å². The first-order chi connectivity index (χ1) is 5.31. The maximum absolute atomic E-state index is 10.7. The molecule has 0 aromatic rings. The van der Waals surface area contributed by atoms with Gasteiger partial charge in [0.1, 0.15) is 18.4 Å².